The number of rotatable bonds is 6. The van der Waals surface area contributed by atoms with Gasteiger partial charge in [-0.1, -0.05) is 146 Å². The lowest BCUT2D eigenvalue weighted by atomic mass is 9.92. The molecular formula is C56H39NS. The topological polar surface area (TPSA) is 4.93 Å². The number of hydrogen-bond acceptors (Lipinski definition) is 1. The number of benzene rings is 9. The summed E-state index contributed by atoms with van der Waals surface area (Å²) in [7, 11) is 0. The van der Waals surface area contributed by atoms with Gasteiger partial charge < -0.3 is 4.57 Å². The highest BCUT2D eigenvalue weighted by Crippen LogP contribution is 2.39. The molecule has 0 atom stereocenters. The zero-order valence-electron chi connectivity index (χ0n) is 32.4. The molecule has 0 saturated carbocycles. The second-order valence-corrected chi connectivity index (χ2v) is 16.5. The molecule has 0 fully saturated rings. The number of aromatic nitrogens is 1. The van der Waals surface area contributed by atoms with Crippen LogP contribution >= 0.6 is 11.3 Å². The molecule has 11 rings (SSSR count). The molecule has 0 aliphatic carbocycles. The van der Waals surface area contributed by atoms with Gasteiger partial charge >= 0.3 is 0 Å². The molecule has 0 aliphatic rings. The average Bonchev–Trinajstić information content (AvgIpc) is 3.82. The molecule has 2 heteroatoms. The highest BCUT2D eigenvalue weighted by molar-refractivity contribution is 7.25. The van der Waals surface area contributed by atoms with Crippen LogP contribution < -0.4 is 0 Å². The molecular weight excluding hydrogens is 719 g/mol. The maximum atomic E-state index is 2.40. The Bertz CT molecular complexity index is 3320. The van der Waals surface area contributed by atoms with Crippen molar-refractivity contribution >= 4 is 53.3 Å². The molecule has 9 aromatic carbocycles. The third-order valence-corrected chi connectivity index (χ3v) is 13.1. The van der Waals surface area contributed by atoms with Crippen molar-refractivity contribution in [3.05, 3.63) is 211 Å². The second kappa shape index (κ2) is 13.9. The Morgan fingerprint density at radius 3 is 1.48 bits per heavy atom. The number of aryl methyl sites for hydroxylation is 2. The van der Waals surface area contributed by atoms with Gasteiger partial charge in [-0.25, -0.2) is 0 Å². The molecule has 0 unspecified atom stereocenters. The Kier molecular flexibility index (Phi) is 8.20. The van der Waals surface area contributed by atoms with Gasteiger partial charge in [-0.3, -0.25) is 0 Å². The van der Waals surface area contributed by atoms with Gasteiger partial charge in [-0.15, -0.1) is 11.3 Å². The van der Waals surface area contributed by atoms with Crippen molar-refractivity contribution in [2.45, 2.75) is 13.8 Å². The summed E-state index contributed by atoms with van der Waals surface area (Å²) < 4.78 is 5.08. The predicted molar refractivity (Wildman–Crippen MR) is 250 cm³/mol. The van der Waals surface area contributed by atoms with Gasteiger partial charge in [0.05, 0.1) is 11.0 Å². The molecule has 0 bridgehead atoms. The highest BCUT2D eigenvalue weighted by Gasteiger charge is 2.15. The molecule has 58 heavy (non-hydrogen) atoms. The number of hydrogen-bond donors (Lipinski definition) is 0. The molecule has 1 nitrogen and oxygen atoms in total. The minimum atomic E-state index is 1.16. The largest absolute Gasteiger partial charge is 0.309 e. The van der Waals surface area contributed by atoms with Crippen molar-refractivity contribution in [1.82, 2.24) is 4.57 Å². The monoisotopic (exact) mass is 757 g/mol. The summed E-state index contributed by atoms with van der Waals surface area (Å²) in [4.78, 5) is 0. The standard InChI is InChI=1S/C56H39NS/c1-36-9-3-4-10-47(36)50-33-43(16-15-37(50)2)40-19-17-38(18-20-40)39-25-29-46(30-26-39)57-53-13-7-5-11-48(53)51-34-44(27-31-54(51)57)41-21-23-42(24-22-41)45-28-32-56-52(35-45)49-12-6-8-14-55(49)58-56/h3-35H,1-2H3. The summed E-state index contributed by atoms with van der Waals surface area (Å²) in [5.41, 5.74) is 18.5. The van der Waals surface area contributed by atoms with E-state index in [-0.39, 0.29) is 0 Å². The van der Waals surface area contributed by atoms with Crippen LogP contribution in [0.2, 0.25) is 0 Å². The summed E-state index contributed by atoms with van der Waals surface area (Å²) >= 11 is 1.86. The Morgan fingerprint density at radius 1 is 0.310 bits per heavy atom. The van der Waals surface area contributed by atoms with Crippen LogP contribution in [0.3, 0.4) is 0 Å². The van der Waals surface area contributed by atoms with E-state index >= 15 is 0 Å². The van der Waals surface area contributed by atoms with Crippen LogP contribution in [0.5, 0.6) is 0 Å². The van der Waals surface area contributed by atoms with Crippen molar-refractivity contribution in [1.29, 1.82) is 0 Å². The summed E-state index contributed by atoms with van der Waals surface area (Å²) in [5.74, 6) is 0. The number of fused-ring (bicyclic) bond motifs is 6. The molecule has 0 saturated heterocycles. The fourth-order valence-corrected chi connectivity index (χ4v) is 9.90. The average molecular weight is 758 g/mol. The van der Waals surface area contributed by atoms with Crippen molar-refractivity contribution < 1.29 is 0 Å². The van der Waals surface area contributed by atoms with Crippen LogP contribution in [-0.2, 0) is 0 Å². The Hall–Kier alpha value is -7.00. The van der Waals surface area contributed by atoms with E-state index in [9.17, 15) is 0 Å². The minimum absolute atomic E-state index is 1.16. The first kappa shape index (κ1) is 34.3. The van der Waals surface area contributed by atoms with Gasteiger partial charge in [-0.05, 0) is 135 Å². The first-order valence-electron chi connectivity index (χ1n) is 20.0. The number of thiophene rings is 1. The van der Waals surface area contributed by atoms with E-state index in [2.05, 4.69) is 219 Å². The third kappa shape index (κ3) is 5.84. The lowest BCUT2D eigenvalue weighted by Gasteiger charge is -2.13. The molecule has 0 spiro atoms. The maximum Gasteiger partial charge on any atom is 0.0541 e. The van der Waals surface area contributed by atoms with Gasteiger partial charge in [0.15, 0.2) is 0 Å². The van der Waals surface area contributed by atoms with Crippen molar-refractivity contribution in [3.63, 3.8) is 0 Å². The Labute approximate surface area is 342 Å². The SMILES string of the molecule is Cc1ccccc1-c1cc(-c2ccc(-c3ccc(-n4c5ccccc5c5cc(-c6ccc(-c7ccc8sc9ccccc9c8c7)cc6)ccc54)cc3)cc2)ccc1C. The molecule has 0 radical (unpaired) electrons. The van der Waals surface area contributed by atoms with Crippen molar-refractivity contribution in [3.8, 4) is 61.3 Å². The molecule has 0 N–H and O–H groups in total. The lowest BCUT2D eigenvalue weighted by molar-refractivity contribution is 1.18. The first-order valence-corrected chi connectivity index (χ1v) is 20.8. The van der Waals surface area contributed by atoms with Crippen LogP contribution in [0.1, 0.15) is 11.1 Å². The third-order valence-electron chi connectivity index (χ3n) is 12.0. The second-order valence-electron chi connectivity index (χ2n) is 15.4. The molecule has 0 aliphatic heterocycles. The summed E-state index contributed by atoms with van der Waals surface area (Å²) in [6.45, 7) is 4.39. The van der Waals surface area contributed by atoms with Gasteiger partial charge in [0.25, 0.3) is 0 Å². The first-order chi connectivity index (χ1) is 28.6. The van der Waals surface area contributed by atoms with Gasteiger partial charge in [-0.2, -0.15) is 0 Å². The van der Waals surface area contributed by atoms with Crippen molar-refractivity contribution in [2.75, 3.05) is 0 Å². The zero-order chi connectivity index (χ0) is 38.7. The predicted octanol–water partition coefficient (Wildman–Crippen LogP) is 16.1. The van der Waals surface area contributed by atoms with E-state index in [1.54, 1.807) is 0 Å². The fraction of sp³-hybridized carbons (Fsp3) is 0.0357. The number of para-hydroxylation sites is 1. The fourth-order valence-electron chi connectivity index (χ4n) is 8.82. The molecule has 11 aromatic rings. The quantitative estimate of drug-likeness (QED) is 0.159. The van der Waals surface area contributed by atoms with E-state index in [0.29, 0.717) is 0 Å². The summed E-state index contributed by atoms with van der Waals surface area (Å²) in [6, 6.07) is 73.8. The van der Waals surface area contributed by atoms with Crippen LogP contribution in [0.4, 0.5) is 0 Å². The van der Waals surface area contributed by atoms with Crippen molar-refractivity contribution in [2.24, 2.45) is 0 Å². The number of nitrogens with zero attached hydrogens (tertiary/aromatic N) is 1. The zero-order valence-corrected chi connectivity index (χ0v) is 33.2. The lowest BCUT2D eigenvalue weighted by Crippen LogP contribution is -1.93. The smallest absolute Gasteiger partial charge is 0.0541 e. The highest BCUT2D eigenvalue weighted by atomic mass is 32.1. The van der Waals surface area contributed by atoms with Crippen LogP contribution in [0.25, 0.3) is 103 Å². The van der Waals surface area contributed by atoms with E-state index in [1.165, 1.54) is 109 Å². The Morgan fingerprint density at radius 2 is 0.776 bits per heavy atom. The molecule has 0 amide bonds. The van der Waals surface area contributed by atoms with Crippen LogP contribution in [-0.4, -0.2) is 4.57 Å². The van der Waals surface area contributed by atoms with Gasteiger partial charge in [0.1, 0.15) is 0 Å². The van der Waals surface area contributed by atoms with Gasteiger partial charge in [0, 0.05) is 36.6 Å². The van der Waals surface area contributed by atoms with Gasteiger partial charge in [0.2, 0.25) is 0 Å². The summed E-state index contributed by atoms with van der Waals surface area (Å²) in [5, 5.41) is 5.18. The normalized spacial score (nSPS) is 11.6. The van der Waals surface area contributed by atoms with E-state index in [4.69, 9.17) is 0 Å². The Balaban J connectivity index is 0.882. The van der Waals surface area contributed by atoms with E-state index in [1.807, 2.05) is 11.3 Å². The van der Waals surface area contributed by atoms with Crippen LogP contribution in [0, 0.1) is 13.8 Å². The van der Waals surface area contributed by atoms with E-state index < -0.39 is 0 Å². The molecule has 274 valence electrons. The molecule has 2 aromatic heterocycles. The van der Waals surface area contributed by atoms with Crippen LogP contribution in [0.15, 0.2) is 200 Å². The summed E-state index contributed by atoms with van der Waals surface area (Å²) in [6.07, 6.45) is 0. The molecule has 2 heterocycles. The maximum absolute atomic E-state index is 2.40. The van der Waals surface area contributed by atoms with E-state index in [0.717, 1.165) is 5.69 Å². The minimum Gasteiger partial charge on any atom is -0.309 e.